The van der Waals surface area contributed by atoms with E-state index in [0.29, 0.717) is 5.54 Å². The van der Waals surface area contributed by atoms with Gasteiger partial charge in [-0.3, -0.25) is 4.90 Å². The predicted octanol–water partition coefficient (Wildman–Crippen LogP) is 1.91. The van der Waals surface area contributed by atoms with E-state index in [2.05, 4.69) is 54.6 Å². The van der Waals surface area contributed by atoms with Crippen molar-refractivity contribution in [2.75, 3.05) is 27.2 Å². The first-order valence-corrected chi connectivity index (χ1v) is 6.17. The van der Waals surface area contributed by atoms with Crippen LogP contribution in [0.2, 0.25) is 0 Å². The van der Waals surface area contributed by atoms with Crippen LogP contribution in [0.4, 0.5) is 0 Å². The van der Waals surface area contributed by atoms with Gasteiger partial charge in [-0.15, -0.1) is 0 Å². The van der Waals surface area contributed by atoms with Crippen molar-refractivity contribution in [2.24, 2.45) is 0 Å². The second kappa shape index (κ2) is 4.98. The Balaban J connectivity index is 2.14. The molecule has 1 atom stereocenters. The lowest BCUT2D eigenvalue weighted by molar-refractivity contribution is 0.171. The molecule has 0 aromatic heterocycles. The third kappa shape index (κ3) is 2.28. The number of hydrogen-bond acceptors (Lipinski definition) is 2. The van der Waals surface area contributed by atoms with Crippen molar-refractivity contribution in [2.45, 2.75) is 24.8 Å². The van der Waals surface area contributed by atoms with Gasteiger partial charge in [0.05, 0.1) is 0 Å². The Morgan fingerprint density at radius 3 is 2.62 bits per heavy atom. The van der Waals surface area contributed by atoms with Gasteiger partial charge in [-0.2, -0.15) is 0 Å². The fraction of sp³-hybridized carbons (Fsp3) is 0.571. The maximum Gasteiger partial charge on any atom is 0.0371 e. The number of benzene rings is 1. The van der Waals surface area contributed by atoms with Gasteiger partial charge in [0, 0.05) is 12.1 Å². The Morgan fingerprint density at radius 1 is 1.31 bits per heavy atom. The molecule has 1 N–H and O–H groups in total. The summed E-state index contributed by atoms with van der Waals surface area (Å²) in [6.45, 7) is 2.31. The normalized spacial score (nSPS) is 26.1. The molecule has 2 nitrogen and oxygen atoms in total. The minimum Gasteiger partial charge on any atom is -0.318 e. The molecule has 1 aromatic carbocycles. The quantitative estimate of drug-likeness (QED) is 0.830. The zero-order valence-electron chi connectivity index (χ0n) is 10.4. The molecular formula is C14H22N2. The van der Waals surface area contributed by atoms with Gasteiger partial charge in [0.1, 0.15) is 0 Å². The average molecular weight is 218 g/mol. The molecule has 1 aliphatic rings. The highest BCUT2D eigenvalue weighted by Crippen LogP contribution is 2.30. The first kappa shape index (κ1) is 11.6. The summed E-state index contributed by atoms with van der Waals surface area (Å²) in [5.41, 5.74) is 1.78. The third-order valence-corrected chi connectivity index (χ3v) is 3.83. The lowest BCUT2D eigenvalue weighted by Gasteiger charge is -2.36. The van der Waals surface area contributed by atoms with Gasteiger partial charge >= 0.3 is 0 Å². The number of likely N-dealkylation sites (tertiary alicyclic amines) is 1. The summed E-state index contributed by atoms with van der Waals surface area (Å²) in [6, 6.07) is 10.8. The van der Waals surface area contributed by atoms with E-state index in [-0.39, 0.29) is 0 Å². The van der Waals surface area contributed by atoms with Gasteiger partial charge in [-0.05, 0) is 45.5 Å². The lowest BCUT2D eigenvalue weighted by Crippen LogP contribution is -2.50. The largest absolute Gasteiger partial charge is 0.318 e. The fourth-order valence-corrected chi connectivity index (χ4v) is 2.89. The average Bonchev–Trinajstić information content (AvgIpc) is 2.62. The van der Waals surface area contributed by atoms with Crippen molar-refractivity contribution >= 4 is 0 Å². The molecule has 1 aromatic rings. The van der Waals surface area contributed by atoms with Crippen LogP contribution < -0.4 is 5.32 Å². The summed E-state index contributed by atoms with van der Waals surface area (Å²) in [4.78, 5) is 2.52. The van der Waals surface area contributed by atoms with Gasteiger partial charge < -0.3 is 5.32 Å². The minimum absolute atomic E-state index is 0.329. The molecule has 1 unspecified atom stereocenters. The number of nitrogens with one attached hydrogen (secondary N) is 1. The summed E-state index contributed by atoms with van der Waals surface area (Å²) in [5, 5.41) is 3.36. The zero-order valence-corrected chi connectivity index (χ0v) is 10.4. The smallest absolute Gasteiger partial charge is 0.0371 e. The first-order valence-electron chi connectivity index (χ1n) is 6.17. The van der Waals surface area contributed by atoms with Gasteiger partial charge in [0.15, 0.2) is 0 Å². The van der Waals surface area contributed by atoms with Crippen molar-refractivity contribution in [1.82, 2.24) is 10.2 Å². The zero-order chi connectivity index (χ0) is 11.4. The van der Waals surface area contributed by atoms with Crippen LogP contribution in [-0.2, 0) is 6.42 Å². The van der Waals surface area contributed by atoms with Crippen molar-refractivity contribution in [3.8, 4) is 0 Å². The maximum absolute atomic E-state index is 3.36. The first-order chi connectivity index (χ1) is 7.77. The monoisotopic (exact) mass is 218 g/mol. The second-order valence-corrected chi connectivity index (χ2v) is 4.94. The Kier molecular flexibility index (Phi) is 3.62. The third-order valence-electron chi connectivity index (χ3n) is 3.83. The van der Waals surface area contributed by atoms with E-state index in [9.17, 15) is 0 Å². The van der Waals surface area contributed by atoms with Crippen LogP contribution in [0.1, 0.15) is 18.4 Å². The van der Waals surface area contributed by atoms with Crippen LogP contribution in [0, 0.1) is 0 Å². The molecule has 0 amide bonds. The molecule has 16 heavy (non-hydrogen) atoms. The second-order valence-electron chi connectivity index (χ2n) is 4.94. The van der Waals surface area contributed by atoms with E-state index >= 15 is 0 Å². The number of rotatable bonds is 4. The summed E-state index contributed by atoms with van der Waals surface area (Å²) in [5.74, 6) is 0. The van der Waals surface area contributed by atoms with Crippen LogP contribution in [0.3, 0.4) is 0 Å². The Labute approximate surface area is 98.7 Å². The van der Waals surface area contributed by atoms with E-state index < -0.39 is 0 Å². The highest BCUT2D eigenvalue weighted by molar-refractivity contribution is 5.19. The summed E-state index contributed by atoms with van der Waals surface area (Å²) in [6.07, 6.45) is 3.79. The maximum atomic E-state index is 3.36. The predicted molar refractivity (Wildman–Crippen MR) is 68.7 cm³/mol. The summed E-state index contributed by atoms with van der Waals surface area (Å²) in [7, 11) is 4.31. The number of nitrogens with zero attached hydrogens (tertiary/aromatic N) is 1. The highest BCUT2D eigenvalue weighted by Gasteiger charge is 2.37. The van der Waals surface area contributed by atoms with E-state index in [1.165, 1.54) is 24.9 Å². The van der Waals surface area contributed by atoms with Crippen LogP contribution in [0.5, 0.6) is 0 Å². The standard InChI is InChI=1S/C14H22N2/c1-15-12-14(9-6-10-16(14)2)11-13-7-4-3-5-8-13/h3-5,7-8,15H,6,9-12H2,1-2H3. The Morgan fingerprint density at radius 2 is 2.06 bits per heavy atom. The van der Waals surface area contributed by atoms with Gasteiger partial charge in [-0.1, -0.05) is 30.3 Å². The van der Waals surface area contributed by atoms with Gasteiger partial charge in [0.25, 0.3) is 0 Å². The molecule has 0 radical (unpaired) electrons. The van der Waals surface area contributed by atoms with Gasteiger partial charge in [0.2, 0.25) is 0 Å². The molecule has 0 saturated carbocycles. The van der Waals surface area contributed by atoms with Crippen LogP contribution >= 0.6 is 0 Å². The Hall–Kier alpha value is -0.860. The number of hydrogen-bond donors (Lipinski definition) is 1. The van der Waals surface area contributed by atoms with E-state index in [1.807, 2.05) is 0 Å². The van der Waals surface area contributed by atoms with Crippen molar-refractivity contribution in [1.29, 1.82) is 0 Å². The van der Waals surface area contributed by atoms with Crippen molar-refractivity contribution in [3.63, 3.8) is 0 Å². The fourth-order valence-electron chi connectivity index (χ4n) is 2.89. The molecule has 1 heterocycles. The molecule has 0 aliphatic carbocycles. The van der Waals surface area contributed by atoms with E-state index in [4.69, 9.17) is 0 Å². The van der Waals surface area contributed by atoms with Gasteiger partial charge in [-0.25, -0.2) is 0 Å². The highest BCUT2D eigenvalue weighted by atomic mass is 15.2. The molecule has 0 bridgehead atoms. The molecule has 1 saturated heterocycles. The SMILES string of the molecule is CNCC1(Cc2ccccc2)CCCN1C. The molecule has 88 valence electrons. The van der Waals surface area contributed by atoms with Crippen LogP contribution in [-0.4, -0.2) is 37.6 Å². The summed E-state index contributed by atoms with van der Waals surface area (Å²) >= 11 is 0. The number of likely N-dealkylation sites (N-methyl/N-ethyl adjacent to an activating group) is 2. The molecule has 1 aliphatic heterocycles. The van der Waals surface area contributed by atoms with Crippen LogP contribution in [0.25, 0.3) is 0 Å². The lowest BCUT2D eigenvalue weighted by atomic mass is 9.88. The Bertz CT molecular complexity index is 323. The topological polar surface area (TPSA) is 15.3 Å². The molecule has 1 fully saturated rings. The molecular weight excluding hydrogens is 196 g/mol. The van der Waals surface area contributed by atoms with Crippen molar-refractivity contribution < 1.29 is 0 Å². The molecule has 2 heteroatoms. The van der Waals surface area contributed by atoms with E-state index in [1.54, 1.807) is 0 Å². The van der Waals surface area contributed by atoms with E-state index in [0.717, 1.165) is 13.0 Å². The van der Waals surface area contributed by atoms with Crippen molar-refractivity contribution in [3.05, 3.63) is 35.9 Å². The van der Waals surface area contributed by atoms with Crippen LogP contribution in [0.15, 0.2) is 30.3 Å². The molecule has 2 rings (SSSR count). The minimum atomic E-state index is 0.329. The summed E-state index contributed by atoms with van der Waals surface area (Å²) < 4.78 is 0. The molecule has 0 spiro atoms.